The van der Waals surface area contributed by atoms with Gasteiger partial charge in [-0.25, -0.2) is 0 Å². The zero-order valence-corrected chi connectivity index (χ0v) is 11.8. The van der Waals surface area contributed by atoms with E-state index >= 15 is 0 Å². The Morgan fingerprint density at radius 1 is 1.39 bits per heavy atom. The Bertz CT molecular complexity index is 473. The first kappa shape index (κ1) is 12.0. The van der Waals surface area contributed by atoms with Gasteiger partial charge in [0, 0.05) is 13.1 Å². The van der Waals surface area contributed by atoms with Crippen LogP contribution in [-0.2, 0) is 7.05 Å². The molecule has 3 N–H and O–H groups in total. The zero-order chi connectivity index (χ0) is 12.9. The highest BCUT2D eigenvalue weighted by Gasteiger charge is 2.42. The molecule has 2 aliphatic rings. The second-order valence-electron chi connectivity index (χ2n) is 5.64. The molecule has 98 valence electrons. The molecule has 0 aliphatic heterocycles. The fourth-order valence-electron chi connectivity index (χ4n) is 2.81. The summed E-state index contributed by atoms with van der Waals surface area (Å²) in [7, 11) is 1.95. The largest absolute Gasteiger partial charge is 0.389 e. The van der Waals surface area contributed by atoms with E-state index < -0.39 is 0 Å². The van der Waals surface area contributed by atoms with E-state index in [1.165, 1.54) is 25.7 Å². The van der Waals surface area contributed by atoms with Crippen molar-refractivity contribution in [1.82, 2.24) is 9.78 Å². The number of aromatic nitrogens is 2. The molecule has 0 spiro atoms. The van der Waals surface area contributed by atoms with Crippen LogP contribution in [0.1, 0.15) is 36.9 Å². The van der Waals surface area contributed by atoms with Crippen molar-refractivity contribution in [3.05, 3.63) is 11.3 Å². The van der Waals surface area contributed by atoms with Crippen LogP contribution in [0, 0.1) is 18.8 Å². The lowest BCUT2D eigenvalue weighted by Gasteiger charge is -2.20. The first-order chi connectivity index (χ1) is 8.58. The van der Waals surface area contributed by atoms with Crippen molar-refractivity contribution in [2.45, 2.75) is 38.6 Å². The highest BCUT2D eigenvalue weighted by atomic mass is 32.1. The summed E-state index contributed by atoms with van der Waals surface area (Å²) in [5, 5.41) is 8.11. The summed E-state index contributed by atoms with van der Waals surface area (Å²) in [5.74, 6) is 2.68. The van der Waals surface area contributed by atoms with Crippen molar-refractivity contribution in [3.63, 3.8) is 0 Å². The number of anilines is 1. The summed E-state index contributed by atoms with van der Waals surface area (Å²) < 4.78 is 1.88. The Kier molecular flexibility index (Phi) is 2.81. The van der Waals surface area contributed by atoms with E-state index in [0.29, 0.717) is 11.0 Å². The quantitative estimate of drug-likeness (QED) is 0.798. The highest BCUT2D eigenvalue weighted by molar-refractivity contribution is 7.80. The van der Waals surface area contributed by atoms with Crippen molar-refractivity contribution in [2.75, 3.05) is 5.32 Å². The van der Waals surface area contributed by atoms with Crippen LogP contribution in [0.5, 0.6) is 0 Å². The van der Waals surface area contributed by atoms with Crippen LogP contribution in [0.25, 0.3) is 0 Å². The first-order valence-corrected chi connectivity index (χ1v) is 7.08. The average Bonchev–Trinajstić information content (AvgIpc) is 3.14. The molecule has 1 aromatic rings. The summed E-state index contributed by atoms with van der Waals surface area (Å²) in [4.78, 5) is 0.438. The maximum absolute atomic E-state index is 5.83. The van der Waals surface area contributed by atoms with Crippen LogP contribution < -0.4 is 11.1 Å². The lowest BCUT2D eigenvalue weighted by molar-refractivity contribution is 0.559. The number of nitrogens with zero attached hydrogens (tertiary/aromatic N) is 2. The average molecular weight is 264 g/mol. The molecule has 0 unspecified atom stereocenters. The highest BCUT2D eigenvalue weighted by Crippen LogP contribution is 2.46. The first-order valence-electron chi connectivity index (χ1n) is 6.68. The summed E-state index contributed by atoms with van der Waals surface area (Å²) in [6, 6.07) is 0.591. The standard InChI is InChI=1S/C13H20N4S/c1-7-10(12(14)18)13(17(2)16-7)15-11(8-3-4-8)9-5-6-9/h8-9,11,15H,3-6H2,1-2H3,(H2,14,18). The van der Waals surface area contributed by atoms with Crippen molar-refractivity contribution >= 4 is 23.0 Å². The molecule has 3 rings (SSSR count). The van der Waals surface area contributed by atoms with Gasteiger partial charge in [0.25, 0.3) is 0 Å². The van der Waals surface area contributed by atoms with Gasteiger partial charge in [-0.1, -0.05) is 12.2 Å². The molecule has 2 fully saturated rings. The monoisotopic (exact) mass is 264 g/mol. The molecule has 0 aromatic carbocycles. The summed E-state index contributed by atoms with van der Waals surface area (Å²) in [6.07, 6.45) is 5.42. The molecular formula is C13H20N4S. The van der Waals surface area contributed by atoms with Crippen LogP contribution in [0.15, 0.2) is 0 Å². The summed E-state index contributed by atoms with van der Waals surface area (Å²) in [6.45, 7) is 1.96. The number of hydrogen-bond donors (Lipinski definition) is 2. The van der Waals surface area contributed by atoms with Gasteiger partial charge in [-0.3, -0.25) is 4.68 Å². The van der Waals surface area contributed by atoms with Gasteiger partial charge in [0.1, 0.15) is 10.8 Å². The van der Waals surface area contributed by atoms with Gasteiger partial charge in [-0.05, 0) is 44.4 Å². The summed E-state index contributed by atoms with van der Waals surface area (Å²) in [5.41, 5.74) is 7.66. The second-order valence-corrected chi connectivity index (χ2v) is 6.08. The van der Waals surface area contributed by atoms with Crippen LogP contribution in [0.2, 0.25) is 0 Å². The van der Waals surface area contributed by atoms with Crippen LogP contribution in [-0.4, -0.2) is 20.8 Å². The Labute approximate surface area is 113 Å². The lowest BCUT2D eigenvalue weighted by Crippen LogP contribution is -2.27. The normalized spacial score (nSPS) is 19.3. The molecule has 1 aromatic heterocycles. The molecule has 1 heterocycles. The molecule has 0 radical (unpaired) electrons. The van der Waals surface area contributed by atoms with E-state index in [0.717, 1.165) is 28.9 Å². The number of nitrogens with one attached hydrogen (secondary N) is 1. The zero-order valence-electron chi connectivity index (χ0n) is 10.9. The van der Waals surface area contributed by atoms with Gasteiger partial charge in [0.2, 0.25) is 0 Å². The third kappa shape index (κ3) is 2.11. The van der Waals surface area contributed by atoms with Crippen molar-refractivity contribution in [2.24, 2.45) is 24.6 Å². The minimum Gasteiger partial charge on any atom is -0.389 e. The van der Waals surface area contributed by atoms with Crippen molar-refractivity contribution < 1.29 is 0 Å². The van der Waals surface area contributed by atoms with E-state index in [4.69, 9.17) is 18.0 Å². The van der Waals surface area contributed by atoms with E-state index in [1.54, 1.807) is 0 Å². The van der Waals surface area contributed by atoms with E-state index in [1.807, 2.05) is 18.7 Å². The second kappa shape index (κ2) is 4.23. The molecule has 0 amide bonds. The van der Waals surface area contributed by atoms with Crippen LogP contribution >= 0.6 is 12.2 Å². The Hall–Kier alpha value is -1.10. The fraction of sp³-hybridized carbons (Fsp3) is 0.692. The number of aryl methyl sites for hydroxylation is 2. The van der Waals surface area contributed by atoms with Crippen LogP contribution in [0.4, 0.5) is 5.82 Å². The Morgan fingerprint density at radius 2 is 1.94 bits per heavy atom. The number of nitrogens with two attached hydrogens (primary N) is 1. The molecule has 0 atom stereocenters. The fourth-order valence-corrected chi connectivity index (χ4v) is 3.05. The maximum Gasteiger partial charge on any atom is 0.134 e. The topological polar surface area (TPSA) is 55.9 Å². The minimum atomic E-state index is 0.438. The predicted molar refractivity (Wildman–Crippen MR) is 76.7 cm³/mol. The van der Waals surface area contributed by atoms with E-state index in [2.05, 4.69) is 10.4 Å². The SMILES string of the molecule is Cc1nn(C)c(NC(C2CC2)C2CC2)c1C(N)=S. The van der Waals surface area contributed by atoms with Gasteiger partial charge in [0.05, 0.1) is 11.3 Å². The number of hydrogen-bond acceptors (Lipinski definition) is 3. The number of rotatable bonds is 5. The van der Waals surface area contributed by atoms with Crippen molar-refractivity contribution in [3.8, 4) is 0 Å². The van der Waals surface area contributed by atoms with Gasteiger partial charge in [-0.15, -0.1) is 0 Å². The Morgan fingerprint density at radius 3 is 2.39 bits per heavy atom. The molecule has 2 aliphatic carbocycles. The third-order valence-corrected chi connectivity index (χ3v) is 4.24. The van der Waals surface area contributed by atoms with Crippen molar-refractivity contribution in [1.29, 1.82) is 0 Å². The molecule has 18 heavy (non-hydrogen) atoms. The molecule has 5 heteroatoms. The van der Waals surface area contributed by atoms with E-state index in [-0.39, 0.29) is 0 Å². The minimum absolute atomic E-state index is 0.438. The molecule has 2 saturated carbocycles. The van der Waals surface area contributed by atoms with Gasteiger partial charge in [-0.2, -0.15) is 5.10 Å². The molecule has 0 bridgehead atoms. The molecule has 4 nitrogen and oxygen atoms in total. The smallest absolute Gasteiger partial charge is 0.134 e. The predicted octanol–water partition coefficient (Wildman–Crippen LogP) is 1.96. The maximum atomic E-state index is 5.83. The third-order valence-electron chi connectivity index (χ3n) is 4.03. The Balaban J connectivity index is 1.88. The molecule has 0 saturated heterocycles. The van der Waals surface area contributed by atoms with Gasteiger partial charge in [0.15, 0.2) is 0 Å². The van der Waals surface area contributed by atoms with Gasteiger partial charge >= 0.3 is 0 Å². The summed E-state index contributed by atoms with van der Waals surface area (Å²) >= 11 is 5.15. The molecular weight excluding hydrogens is 244 g/mol. The van der Waals surface area contributed by atoms with Gasteiger partial charge < -0.3 is 11.1 Å². The van der Waals surface area contributed by atoms with E-state index in [9.17, 15) is 0 Å². The lowest BCUT2D eigenvalue weighted by atomic mass is 10.1. The van der Waals surface area contributed by atoms with Crippen LogP contribution in [0.3, 0.4) is 0 Å². The number of thiocarbonyl (C=S) groups is 1.